The lowest BCUT2D eigenvalue weighted by atomic mass is 9.81. The summed E-state index contributed by atoms with van der Waals surface area (Å²) in [5.41, 5.74) is 4.84. The van der Waals surface area contributed by atoms with Crippen molar-refractivity contribution >= 4 is 11.8 Å². The minimum atomic E-state index is -0.733. The predicted molar refractivity (Wildman–Crippen MR) is 89.2 cm³/mol. The maximum atomic E-state index is 12.7. The summed E-state index contributed by atoms with van der Waals surface area (Å²) in [4.78, 5) is 25.3. The first-order chi connectivity index (χ1) is 11.4. The van der Waals surface area contributed by atoms with Crippen molar-refractivity contribution < 1.29 is 14.3 Å². The number of nitrogens with zero attached hydrogens (tertiary/aromatic N) is 2. The lowest BCUT2D eigenvalue weighted by Gasteiger charge is -2.40. The fourth-order valence-corrected chi connectivity index (χ4v) is 3.09. The lowest BCUT2D eigenvalue weighted by molar-refractivity contribution is -0.141. The molecule has 1 saturated carbocycles. The lowest BCUT2D eigenvalue weighted by Crippen LogP contribution is -2.53. The number of primary amides is 1. The molecule has 0 unspecified atom stereocenters. The first-order valence-corrected chi connectivity index (χ1v) is 8.15. The van der Waals surface area contributed by atoms with Gasteiger partial charge in [-0.1, -0.05) is 19.3 Å². The van der Waals surface area contributed by atoms with Gasteiger partial charge < -0.3 is 15.4 Å². The summed E-state index contributed by atoms with van der Waals surface area (Å²) in [5, 5.41) is 9.59. The van der Waals surface area contributed by atoms with Crippen LogP contribution < -0.4 is 10.5 Å². The molecule has 6 heteroatoms. The van der Waals surface area contributed by atoms with Crippen LogP contribution in [0.25, 0.3) is 0 Å². The smallest absolute Gasteiger partial charge is 0.264 e. The molecule has 0 radical (unpaired) electrons. The van der Waals surface area contributed by atoms with Gasteiger partial charge in [-0.25, -0.2) is 0 Å². The van der Waals surface area contributed by atoms with Crippen LogP contribution in [0, 0.1) is 11.3 Å². The number of carbonyl (C=O) groups is 2. The van der Waals surface area contributed by atoms with E-state index in [-0.39, 0.29) is 5.91 Å². The van der Waals surface area contributed by atoms with E-state index in [1.54, 1.807) is 38.2 Å². The Kier molecular flexibility index (Phi) is 5.45. The molecule has 1 atom stereocenters. The molecule has 0 aliphatic heterocycles. The number of carbonyl (C=O) groups excluding carboxylic acids is 2. The number of likely N-dealkylation sites (N-methyl/N-ethyl adjacent to an activating group) is 1. The zero-order valence-electron chi connectivity index (χ0n) is 14.1. The standard InChI is InChI=1S/C18H23N3O3/c1-13(24-15-8-6-14(7-9-15)16(20)22)17(23)21(2)18(12-19)10-4-3-5-11-18/h6-9,13H,3-5,10-11H2,1-2H3,(H2,20,22)/t13-/m1/s1. The van der Waals surface area contributed by atoms with Gasteiger partial charge in [-0.05, 0) is 44.0 Å². The molecule has 0 heterocycles. The van der Waals surface area contributed by atoms with Gasteiger partial charge in [0.2, 0.25) is 5.91 Å². The SMILES string of the molecule is C[C@@H](Oc1ccc(C(N)=O)cc1)C(=O)N(C)C1(C#N)CCCCC1. The third kappa shape index (κ3) is 3.67. The van der Waals surface area contributed by atoms with Gasteiger partial charge in [0.25, 0.3) is 5.91 Å². The third-order valence-corrected chi connectivity index (χ3v) is 4.66. The van der Waals surface area contributed by atoms with Crippen LogP contribution in [0.4, 0.5) is 0 Å². The van der Waals surface area contributed by atoms with Crippen LogP contribution in [0.15, 0.2) is 24.3 Å². The number of benzene rings is 1. The summed E-state index contributed by atoms with van der Waals surface area (Å²) in [5.74, 6) is -0.264. The van der Waals surface area contributed by atoms with E-state index in [0.717, 1.165) is 19.3 Å². The first kappa shape index (κ1) is 17.8. The average molecular weight is 329 g/mol. The topological polar surface area (TPSA) is 96.4 Å². The van der Waals surface area contributed by atoms with Crippen molar-refractivity contribution in [3.8, 4) is 11.8 Å². The molecule has 2 amide bonds. The number of nitriles is 1. The van der Waals surface area contributed by atoms with Crippen molar-refractivity contribution in [3.05, 3.63) is 29.8 Å². The summed E-state index contributed by atoms with van der Waals surface area (Å²) in [7, 11) is 1.67. The second kappa shape index (κ2) is 7.35. The molecule has 128 valence electrons. The average Bonchev–Trinajstić information content (AvgIpc) is 2.61. The Balaban J connectivity index is 2.05. The first-order valence-electron chi connectivity index (χ1n) is 8.15. The molecule has 1 aromatic rings. The van der Waals surface area contributed by atoms with Crippen LogP contribution in [0.1, 0.15) is 49.4 Å². The summed E-state index contributed by atoms with van der Waals surface area (Å²) < 4.78 is 5.66. The molecule has 1 aliphatic rings. The molecule has 24 heavy (non-hydrogen) atoms. The third-order valence-electron chi connectivity index (χ3n) is 4.66. The maximum Gasteiger partial charge on any atom is 0.264 e. The fraction of sp³-hybridized carbons (Fsp3) is 0.500. The molecule has 2 rings (SSSR count). The number of ether oxygens (including phenoxy) is 1. The Morgan fingerprint density at radius 1 is 1.25 bits per heavy atom. The molecule has 0 spiro atoms. The van der Waals surface area contributed by atoms with E-state index in [2.05, 4.69) is 6.07 Å². The molecule has 0 saturated heterocycles. The molecular formula is C18H23N3O3. The van der Waals surface area contributed by atoms with Gasteiger partial charge in [0.15, 0.2) is 6.10 Å². The second-order valence-electron chi connectivity index (χ2n) is 6.25. The van der Waals surface area contributed by atoms with Crippen LogP contribution in [0.2, 0.25) is 0 Å². The van der Waals surface area contributed by atoms with Gasteiger partial charge in [-0.3, -0.25) is 9.59 Å². The van der Waals surface area contributed by atoms with Crippen LogP contribution in [-0.4, -0.2) is 35.4 Å². The zero-order chi connectivity index (χ0) is 17.7. The van der Waals surface area contributed by atoms with Crippen molar-refractivity contribution in [1.82, 2.24) is 4.90 Å². The van der Waals surface area contributed by atoms with Gasteiger partial charge in [-0.15, -0.1) is 0 Å². The highest BCUT2D eigenvalue weighted by Gasteiger charge is 2.40. The van der Waals surface area contributed by atoms with Crippen molar-refractivity contribution in [3.63, 3.8) is 0 Å². The van der Waals surface area contributed by atoms with Crippen molar-refractivity contribution in [1.29, 1.82) is 5.26 Å². The van der Waals surface area contributed by atoms with E-state index in [4.69, 9.17) is 10.5 Å². The van der Waals surface area contributed by atoms with Gasteiger partial charge in [0.05, 0.1) is 6.07 Å². The van der Waals surface area contributed by atoms with Crippen molar-refractivity contribution in [2.24, 2.45) is 5.73 Å². The molecule has 1 aliphatic carbocycles. The number of amides is 2. The van der Waals surface area contributed by atoms with Gasteiger partial charge in [0, 0.05) is 12.6 Å². The van der Waals surface area contributed by atoms with Gasteiger partial charge >= 0.3 is 0 Å². The second-order valence-corrected chi connectivity index (χ2v) is 6.25. The summed E-state index contributed by atoms with van der Waals surface area (Å²) in [6, 6.07) is 8.64. The highest BCUT2D eigenvalue weighted by atomic mass is 16.5. The number of nitrogens with two attached hydrogens (primary N) is 1. The Bertz CT molecular complexity index is 642. The molecule has 1 fully saturated rings. The van der Waals surface area contributed by atoms with Crippen molar-refractivity contribution in [2.45, 2.75) is 50.7 Å². The minimum Gasteiger partial charge on any atom is -0.481 e. The fourth-order valence-electron chi connectivity index (χ4n) is 3.09. The predicted octanol–water partition coefficient (Wildman–Crippen LogP) is 2.24. The molecular weight excluding hydrogens is 306 g/mol. The summed E-state index contributed by atoms with van der Waals surface area (Å²) >= 11 is 0. The highest BCUT2D eigenvalue weighted by Crippen LogP contribution is 2.33. The summed E-state index contributed by atoms with van der Waals surface area (Å²) in [6.45, 7) is 1.66. The Morgan fingerprint density at radius 3 is 2.33 bits per heavy atom. The minimum absolute atomic E-state index is 0.225. The maximum absolute atomic E-state index is 12.7. The Morgan fingerprint density at radius 2 is 1.83 bits per heavy atom. The summed E-state index contributed by atoms with van der Waals surface area (Å²) in [6.07, 6.45) is 3.69. The molecule has 0 aromatic heterocycles. The quantitative estimate of drug-likeness (QED) is 0.896. The van der Waals surface area contributed by atoms with E-state index >= 15 is 0 Å². The van der Waals surface area contributed by atoms with Crippen LogP contribution in [0.3, 0.4) is 0 Å². The van der Waals surface area contributed by atoms with Crippen molar-refractivity contribution in [2.75, 3.05) is 7.05 Å². The molecule has 0 bridgehead atoms. The number of hydrogen-bond acceptors (Lipinski definition) is 4. The van der Waals surface area contributed by atoms with E-state index in [9.17, 15) is 14.9 Å². The van der Waals surface area contributed by atoms with E-state index in [1.807, 2.05) is 0 Å². The Hall–Kier alpha value is -2.55. The highest BCUT2D eigenvalue weighted by molar-refractivity contribution is 5.92. The van der Waals surface area contributed by atoms with E-state index in [1.165, 1.54) is 4.90 Å². The number of rotatable bonds is 5. The normalized spacial score (nSPS) is 17.4. The largest absolute Gasteiger partial charge is 0.481 e. The van der Waals surface area contributed by atoms with Gasteiger partial charge in [0.1, 0.15) is 11.3 Å². The monoisotopic (exact) mass is 329 g/mol. The molecule has 6 nitrogen and oxygen atoms in total. The molecule has 1 aromatic carbocycles. The van der Waals surface area contributed by atoms with Crippen LogP contribution in [0.5, 0.6) is 5.75 Å². The van der Waals surface area contributed by atoms with Gasteiger partial charge in [-0.2, -0.15) is 5.26 Å². The zero-order valence-corrected chi connectivity index (χ0v) is 14.1. The molecule has 2 N–H and O–H groups in total. The van der Waals surface area contributed by atoms with E-state index in [0.29, 0.717) is 24.2 Å². The number of hydrogen-bond donors (Lipinski definition) is 1. The Labute approximate surface area is 142 Å². The van der Waals surface area contributed by atoms with Crippen LogP contribution >= 0.6 is 0 Å². The van der Waals surface area contributed by atoms with E-state index < -0.39 is 17.6 Å². The van der Waals surface area contributed by atoms with Crippen LogP contribution in [-0.2, 0) is 4.79 Å².